The predicted octanol–water partition coefficient (Wildman–Crippen LogP) is 2.67. The summed E-state index contributed by atoms with van der Waals surface area (Å²) in [7, 11) is 1.60. The number of Topliss-reactive ketones (excluding diaryl/α,β-unsaturated/α-hetero) is 1. The number of carbonyl (C=O) groups is 1. The van der Waals surface area contributed by atoms with Crippen molar-refractivity contribution < 1.29 is 14.3 Å². The normalized spacial score (nSPS) is 19.4. The number of benzene rings is 1. The van der Waals surface area contributed by atoms with Gasteiger partial charge >= 0.3 is 0 Å². The third kappa shape index (κ3) is 2.34. The molecule has 0 bridgehead atoms. The molecule has 1 aliphatic rings. The van der Waals surface area contributed by atoms with Gasteiger partial charge in [-0.3, -0.25) is 4.79 Å². The van der Waals surface area contributed by atoms with Gasteiger partial charge in [0.05, 0.1) is 12.7 Å². The molecule has 1 atom stereocenters. The lowest BCUT2D eigenvalue weighted by Gasteiger charge is -2.15. The molecule has 2 rings (SSSR count). The topological polar surface area (TPSA) is 35.5 Å². The van der Waals surface area contributed by atoms with Crippen molar-refractivity contribution in [2.75, 3.05) is 13.7 Å². The van der Waals surface area contributed by atoms with E-state index in [4.69, 9.17) is 9.47 Å². The van der Waals surface area contributed by atoms with E-state index < -0.39 is 0 Å². The smallest absolute Gasteiger partial charge is 0.195 e. The molecule has 1 aliphatic heterocycles. The van der Waals surface area contributed by atoms with Crippen molar-refractivity contribution in [3.8, 4) is 5.75 Å². The van der Waals surface area contributed by atoms with Crippen LogP contribution in [0.25, 0.3) is 0 Å². The van der Waals surface area contributed by atoms with Crippen LogP contribution in [0.15, 0.2) is 12.1 Å². The minimum atomic E-state index is -0.287. The minimum Gasteiger partial charge on any atom is -0.496 e. The van der Waals surface area contributed by atoms with E-state index in [1.165, 1.54) is 0 Å². The number of methoxy groups -OCH3 is 1. The molecule has 92 valence electrons. The fourth-order valence-corrected chi connectivity index (χ4v) is 2.35. The highest BCUT2D eigenvalue weighted by Crippen LogP contribution is 2.28. The van der Waals surface area contributed by atoms with Crippen LogP contribution in [0.3, 0.4) is 0 Å². The van der Waals surface area contributed by atoms with Crippen LogP contribution >= 0.6 is 0 Å². The molecule has 3 nitrogen and oxygen atoms in total. The van der Waals surface area contributed by atoms with Crippen LogP contribution in [0.4, 0.5) is 0 Å². The Morgan fingerprint density at radius 3 is 2.76 bits per heavy atom. The van der Waals surface area contributed by atoms with Crippen LogP contribution in [0.2, 0.25) is 0 Å². The SMILES string of the molecule is COc1cc(C)cc(C)c1C(=O)C1CCCO1. The molecular formula is C14H18O3. The van der Waals surface area contributed by atoms with E-state index in [2.05, 4.69) is 0 Å². The number of hydrogen-bond acceptors (Lipinski definition) is 3. The second kappa shape index (κ2) is 4.88. The molecule has 0 N–H and O–H groups in total. The molecule has 1 saturated heterocycles. The van der Waals surface area contributed by atoms with Gasteiger partial charge in [-0.15, -0.1) is 0 Å². The molecule has 0 radical (unpaired) electrons. The molecule has 17 heavy (non-hydrogen) atoms. The van der Waals surface area contributed by atoms with E-state index in [0.717, 1.165) is 24.0 Å². The zero-order valence-electron chi connectivity index (χ0n) is 10.6. The zero-order valence-corrected chi connectivity index (χ0v) is 10.6. The fourth-order valence-electron chi connectivity index (χ4n) is 2.35. The number of ether oxygens (including phenoxy) is 2. The Morgan fingerprint density at radius 1 is 1.41 bits per heavy atom. The maximum Gasteiger partial charge on any atom is 0.195 e. The molecule has 0 aromatic heterocycles. The van der Waals surface area contributed by atoms with Gasteiger partial charge in [-0.05, 0) is 43.9 Å². The lowest BCUT2D eigenvalue weighted by atomic mass is 9.97. The molecule has 0 spiro atoms. The Morgan fingerprint density at radius 2 is 2.18 bits per heavy atom. The van der Waals surface area contributed by atoms with Crippen LogP contribution in [-0.2, 0) is 4.74 Å². The van der Waals surface area contributed by atoms with E-state index >= 15 is 0 Å². The molecule has 1 aromatic carbocycles. The Labute approximate surface area is 102 Å². The van der Waals surface area contributed by atoms with Crippen molar-refractivity contribution in [2.45, 2.75) is 32.8 Å². The molecule has 1 heterocycles. The minimum absolute atomic E-state index is 0.0526. The number of carbonyl (C=O) groups excluding carboxylic acids is 1. The van der Waals surface area contributed by atoms with Gasteiger partial charge in [0.2, 0.25) is 0 Å². The standard InChI is InChI=1S/C14H18O3/c1-9-7-10(2)13(12(8-9)16-3)14(15)11-5-4-6-17-11/h7-8,11H,4-6H2,1-3H3. The highest BCUT2D eigenvalue weighted by Gasteiger charge is 2.28. The number of rotatable bonds is 3. The van der Waals surface area contributed by atoms with Crippen molar-refractivity contribution in [2.24, 2.45) is 0 Å². The molecule has 1 fully saturated rings. The van der Waals surface area contributed by atoms with E-state index in [-0.39, 0.29) is 11.9 Å². The van der Waals surface area contributed by atoms with Gasteiger partial charge in [-0.25, -0.2) is 0 Å². The first-order valence-electron chi connectivity index (χ1n) is 5.94. The third-order valence-corrected chi connectivity index (χ3v) is 3.13. The highest BCUT2D eigenvalue weighted by atomic mass is 16.5. The first kappa shape index (κ1) is 12.1. The average molecular weight is 234 g/mol. The summed E-state index contributed by atoms with van der Waals surface area (Å²) in [5.74, 6) is 0.708. The first-order valence-corrected chi connectivity index (χ1v) is 5.94. The summed E-state index contributed by atoms with van der Waals surface area (Å²) in [6.45, 7) is 4.62. The molecule has 1 unspecified atom stereocenters. The summed E-state index contributed by atoms with van der Waals surface area (Å²) < 4.78 is 10.8. The number of hydrogen-bond donors (Lipinski definition) is 0. The molecule has 0 aliphatic carbocycles. The third-order valence-electron chi connectivity index (χ3n) is 3.13. The van der Waals surface area contributed by atoms with Crippen LogP contribution < -0.4 is 4.74 Å². The van der Waals surface area contributed by atoms with Crippen LogP contribution in [-0.4, -0.2) is 25.6 Å². The van der Waals surface area contributed by atoms with Crippen molar-refractivity contribution in [1.29, 1.82) is 0 Å². The maximum absolute atomic E-state index is 12.4. The van der Waals surface area contributed by atoms with Crippen LogP contribution in [0.5, 0.6) is 5.75 Å². The number of aryl methyl sites for hydroxylation is 2. The summed E-state index contributed by atoms with van der Waals surface area (Å²) in [6.07, 6.45) is 1.49. The largest absolute Gasteiger partial charge is 0.496 e. The Kier molecular flexibility index (Phi) is 3.48. The van der Waals surface area contributed by atoms with Crippen molar-refractivity contribution in [3.05, 3.63) is 28.8 Å². The van der Waals surface area contributed by atoms with Gasteiger partial charge in [0.1, 0.15) is 11.9 Å². The first-order chi connectivity index (χ1) is 8.13. The van der Waals surface area contributed by atoms with Gasteiger partial charge < -0.3 is 9.47 Å². The second-order valence-corrected chi connectivity index (χ2v) is 4.52. The Bertz CT molecular complexity index is 431. The quantitative estimate of drug-likeness (QED) is 0.754. The summed E-state index contributed by atoms with van der Waals surface area (Å²) in [4.78, 5) is 12.4. The highest BCUT2D eigenvalue weighted by molar-refractivity contribution is 6.03. The van der Waals surface area contributed by atoms with Gasteiger partial charge in [-0.1, -0.05) is 6.07 Å². The van der Waals surface area contributed by atoms with E-state index in [0.29, 0.717) is 17.9 Å². The van der Waals surface area contributed by atoms with E-state index in [1.54, 1.807) is 7.11 Å². The van der Waals surface area contributed by atoms with Crippen molar-refractivity contribution in [1.82, 2.24) is 0 Å². The zero-order chi connectivity index (χ0) is 12.4. The lowest BCUT2D eigenvalue weighted by molar-refractivity contribution is 0.0639. The Hall–Kier alpha value is -1.35. The van der Waals surface area contributed by atoms with Crippen molar-refractivity contribution in [3.63, 3.8) is 0 Å². The summed E-state index contributed by atoms with van der Waals surface area (Å²) >= 11 is 0. The van der Waals surface area contributed by atoms with E-state index in [9.17, 15) is 4.79 Å². The van der Waals surface area contributed by atoms with Crippen LogP contribution in [0.1, 0.15) is 34.3 Å². The van der Waals surface area contributed by atoms with Gasteiger partial charge in [-0.2, -0.15) is 0 Å². The molecular weight excluding hydrogens is 216 g/mol. The lowest BCUT2D eigenvalue weighted by Crippen LogP contribution is -2.21. The Balaban J connectivity index is 2.39. The van der Waals surface area contributed by atoms with Crippen LogP contribution in [0, 0.1) is 13.8 Å². The summed E-state index contributed by atoms with van der Waals surface area (Å²) in [5.41, 5.74) is 2.73. The van der Waals surface area contributed by atoms with Gasteiger partial charge in [0, 0.05) is 6.61 Å². The molecule has 0 saturated carbocycles. The van der Waals surface area contributed by atoms with E-state index in [1.807, 2.05) is 26.0 Å². The predicted molar refractivity (Wildman–Crippen MR) is 65.8 cm³/mol. The molecule has 1 aromatic rings. The van der Waals surface area contributed by atoms with Gasteiger partial charge in [0.15, 0.2) is 5.78 Å². The van der Waals surface area contributed by atoms with Gasteiger partial charge in [0.25, 0.3) is 0 Å². The monoisotopic (exact) mass is 234 g/mol. The van der Waals surface area contributed by atoms with Crippen molar-refractivity contribution >= 4 is 5.78 Å². The second-order valence-electron chi connectivity index (χ2n) is 4.52. The summed E-state index contributed by atoms with van der Waals surface area (Å²) in [6, 6.07) is 3.90. The average Bonchev–Trinajstić information content (AvgIpc) is 2.80. The number of ketones is 1. The maximum atomic E-state index is 12.4. The fraction of sp³-hybridized carbons (Fsp3) is 0.500. The molecule has 3 heteroatoms. The molecule has 0 amide bonds. The summed E-state index contributed by atoms with van der Waals surface area (Å²) in [5, 5.41) is 0.